The minimum atomic E-state index is -4.42. The molecule has 6 heteroatoms. The second kappa shape index (κ2) is 8.76. The summed E-state index contributed by atoms with van der Waals surface area (Å²) >= 11 is 0. The molecule has 0 saturated carbocycles. The van der Waals surface area contributed by atoms with Gasteiger partial charge in [0.1, 0.15) is 5.92 Å². The molecule has 19 heavy (non-hydrogen) atoms. The first-order chi connectivity index (χ1) is 8.87. The zero-order valence-electron chi connectivity index (χ0n) is 12.2. The largest absolute Gasteiger partial charge is 0.399 e. The van der Waals surface area contributed by atoms with E-state index in [9.17, 15) is 13.2 Å². The lowest BCUT2D eigenvalue weighted by Gasteiger charge is -2.37. The van der Waals surface area contributed by atoms with Gasteiger partial charge in [-0.25, -0.2) is 0 Å². The third kappa shape index (κ3) is 5.67. The molecular formula is C13H25F3O3. The van der Waals surface area contributed by atoms with Crippen LogP contribution in [0.2, 0.25) is 0 Å². The maximum absolute atomic E-state index is 13.1. The molecule has 0 aliphatic heterocycles. The van der Waals surface area contributed by atoms with Crippen molar-refractivity contribution in [1.29, 1.82) is 0 Å². The van der Waals surface area contributed by atoms with Crippen LogP contribution < -0.4 is 0 Å². The topological polar surface area (TPSA) is 27.7 Å². The monoisotopic (exact) mass is 286 g/mol. The third-order valence-corrected chi connectivity index (χ3v) is 3.27. The van der Waals surface area contributed by atoms with Gasteiger partial charge in [-0.15, -0.1) is 0 Å². The molecule has 0 aromatic carbocycles. The summed E-state index contributed by atoms with van der Waals surface area (Å²) in [5.74, 6) is -3.84. The standard InChI is InChI=1S/C13H25F3O3/c1-5-6-7-8-9-10-11(12(14,15)16)13(17-2,18-3)19-4/h11H,5-10H2,1-4H3. The second-order valence-corrected chi connectivity index (χ2v) is 4.51. The van der Waals surface area contributed by atoms with E-state index in [4.69, 9.17) is 14.2 Å². The Morgan fingerprint density at radius 3 is 1.68 bits per heavy atom. The number of rotatable bonds is 10. The summed E-state index contributed by atoms with van der Waals surface area (Å²) in [6.07, 6.45) is -0.201. The molecule has 1 atom stereocenters. The van der Waals surface area contributed by atoms with Crippen LogP contribution >= 0.6 is 0 Å². The van der Waals surface area contributed by atoms with E-state index in [0.29, 0.717) is 6.42 Å². The van der Waals surface area contributed by atoms with Crippen molar-refractivity contribution in [1.82, 2.24) is 0 Å². The van der Waals surface area contributed by atoms with Crippen LogP contribution in [0.15, 0.2) is 0 Å². The van der Waals surface area contributed by atoms with E-state index in [1.165, 1.54) is 0 Å². The average Bonchev–Trinajstić information content (AvgIpc) is 2.37. The lowest BCUT2D eigenvalue weighted by Crippen LogP contribution is -2.50. The molecule has 0 N–H and O–H groups in total. The van der Waals surface area contributed by atoms with Crippen LogP contribution in [0, 0.1) is 5.92 Å². The van der Waals surface area contributed by atoms with E-state index in [2.05, 4.69) is 6.92 Å². The molecular weight excluding hydrogens is 261 g/mol. The molecule has 0 aromatic rings. The molecule has 0 radical (unpaired) electrons. The van der Waals surface area contributed by atoms with Gasteiger partial charge in [0.15, 0.2) is 0 Å². The van der Waals surface area contributed by atoms with Gasteiger partial charge in [0.25, 0.3) is 5.97 Å². The van der Waals surface area contributed by atoms with Crippen LogP contribution in [0.4, 0.5) is 13.2 Å². The molecule has 3 nitrogen and oxygen atoms in total. The van der Waals surface area contributed by atoms with E-state index < -0.39 is 18.1 Å². The van der Waals surface area contributed by atoms with E-state index >= 15 is 0 Å². The number of halogens is 3. The van der Waals surface area contributed by atoms with Crippen LogP contribution in [0.3, 0.4) is 0 Å². The minimum absolute atomic E-state index is 0.0667. The first kappa shape index (κ1) is 18.7. The van der Waals surface area contributed by atoms with Crippen LogP contribution in [-0.2, 0) is 14.2 Å². The van der Waals surface area contributed by atoms with Crippen LogP contribution in [0.25, 0.3) is 0 Å². The highest BCUT2D eigenvalue weighted by Crippen LogP contribution is 2.40. The summed E-state index contributed by atoms with van der Waals surface area (Å²) in [6, 6.07) is 0. The fourth-order valence-corrected chi connectivity index (χ4v) is 2.17. The van der Waals surface area contributed by atoms with Gasteiger partial charge in [-0.3, -0.25) is 0 Å². The molecule has 0 amide bonds. The zero-order valence-corrected chi connectivity index (χ0v) is 12.2. The second-order valence-electron chi connectivity index (χ2n) is 4.51. The summed E-state index contributed by atoms with van der Waals surface area (Å²) in [6.45, 7) is 2.06. The fourth-order valence-electron chi connectivity index (χ4n) is 2.17. The lowest BCUT2D eigenvalue weighted by atomic mass is 9.97. The summed E-state index contributed by atoms with van der Waals surface area (Å²) < 4.78 is 53.9. The van der Waals surface area contributed by atoms with Gasteiger partial charge in [-0.1, -0.05) is 39.0 Å². The molecule has 116 valence electrons. The zero-order chi connectivity index (χ0) is 14.9. The van der Waals surface area contributed by atoms with Crippen molar-refractivity contribution in [2.24, 2.45) is 5.92 Å². The van der Waals surface area contributed by atoms with Gasteiger partial charge in [0.2, 0.25) is 0 Å². The molecule has 0 aliphatic carbocycles. The quantitative estimate of drug-likeness (QED) is 0.446. The van der Waals surface area contributed by atoms with Gasteiger partial charge in [0.05, 0.1) is 0 Å². The highest BCUT2D eigenvalue weighted by molar-refractivity contribution is 4.78. The van der Waals surface area contributed by atoms with E-state index in [1.54, 1.807) is 0 Å². The number of alkyl halides is 3. The number of hydrogen-bond acceptors (Lipinski definition) is 3. The van der Waals surface area contributed by atoms with Crippen molar-refractivity contribution in [3.8, 4) is 0 Å². The summed E-state index contributed by atoms with van der Waals surface area (Å²) in [4.78, 5) is 0. The van der Waals surface area contributed by atoms with Gasteiger partial charge in [0, 0.05) is 21.3 Å². The SMILES string of the molecule is CCCCCCCC(C(F)(F)F)C(OC)(OC)OC. The lowest BCUT2D eigenvalue weighted by molar-refractivity contribution is -0.416. The van der Waals surface area contributed by atoms with Crippen LogP contribution in [0.1, 0.15) is 45.4 Å². The third-order valence-electron chi connectivity index (χ3n) is 3.27. The van der Waals surface area contributed by atoms with Crippen molar-refractivity contribution in [3.05, 3.63) is 0 Å². The highest BCUT2D eigenvalue weighted by Gasteiger charge is 2.55. The number of hydrogen-bond donors (Lipinski definition) is 0. The number of methoxy groups -OCH3 is 3. The molecule has 0 rings (SSSR count). The van der Waals surface area contributed by atoms with Crippen molar-refractivity contribution >= 4 is 0 Å². The van der Waals surface area contributed by atoms with Crippen molar-refractivity contribution in [2.45, 2.75) is 57.6 Å². The van der Waals surface area contributed by atoms with Crippen molar-refractivity contribution in [3.63, 3.8) is 0 Å². The summed E-state index contributed by atoms with van der Waals surface area (Å²) in [5, 5.41) is 0. The fraction of sp³-hybridized carbons (Fsp3) is 1.00. The van der Waals surface area contributed by atoms with Crippen molar-refractivity contribution in [2.75, 3.05) is 21.3 Å². The predicted octanol–water partition coefficient (Wildman–Crippen LogP) is 4.12. The first-order valence-corrected chi connectivity index (χ1v) is 6.60. The Balaban J connectivity index is 4.64. The molecule has 1 unspecified atom stereocenters. The molecule has 0 saturated heterocycles. The molecule has 0 bridgehead atoms. The Bertz CT molecular complexity index is 219. The number of unbranched alkanes of at least 4 members (excludes halogenated alkanes) is 4. The van der Waals surface area contributed by atoms with E-state index in [1.807, 2.05) is 0 Å². The summed E-state index contributed by atoms with van der Waals surface area (Å²) in [5.41, 5.74) is 0. The van der Waals surface area contributed by atoms with E-state index in [-0.39, 0.29) is 6.42 Å². The molecule has 0 aliphatic rings. The molecule has 0 heterocycles. The highest BCUT2D eigenvalue weighted by atomic mass is 19.4. The smallest absolute Gasteiger partial charge is 0.330 e. The van der Waals surface area contributed by atoms with Crippen LogP contribution in [0.5, 0.6) is 0 Å². The average molecular weight is 286 g/mol. The van der Waals surface area contributed by atoms with Gasteiger partial charge in [-0.2, -0.15) is 13.2 Å². The van der Waals surface area contributed by atoms with E-state index in [0.717, 1.165) is 47.0 Å². The maximum atomic E-state index is 13.1. The molecule has 0 fully saturated rings. The Kier molecular flexibility index (Phi) is 8.61. The Hall–Kier alpha value is -0.330. The Morgan fingerprint density at radius 2 is 1.32 bits per heavy atom. The van der Waals surface area contributed by atoms with Gasteiger partial charge >= 0.3 is 6.18 Å². The Morgan fingerprint density at radius 1 is 0.842 bits per heavy atom. The van der Waals surface area contributed by atoms with Crippen LogP contribution in [-0.4, -0.2) is 33.5 Å². The van der Waals surface area contributed by atoms with Gasteiger partial charge in [-0.05, 0) is 6.42 Å². The Labute approximate surface area is 113 Å². The van der Waals surface area contributed by atoms with Crippen molar-refractivity contribution < 1.29 is 27.4 Å². The normalized spacial score (nSPS) is 14.7. The number of ether oxygens (including phenoxy) is 3. The molecule has 0 spiro atoms. The van der Waals surface area contributed by atoms with Gasteiger partial charge < -0.3 is 14.2 Å². The summed E-state index contributed by atoms with van der Waals surface area (Å²) in [7, 11) is 3.47. The molecule has 0 aromatic heterocycles. The first-order valence-electron chi connectivity index (χ1n) is 6.60. The predicted molar refractivity (Wildman–Crippen MR) is 66.7 cm³/mol. The minimum Gasteiger partial charge on any atom is -0.330 e. The maximum Gasteiger partial charge on any atom is 0.399 e.